The zero-order valence-corrected chi connectivity index (χ0v) is 12.9. The molecule has 0 radical (unpaired) electrons. The second-order valence-electron chi connectivity index (χ2n) is 8.36. The number of hydrogen-bond donors (Lipinski definition) is 0. The van der Waals surface area contributed by atoms with E-state index < -0.39 is 0 Å². The largest absolute Gasteiger partial charge is 0.0625 e. The van der Waals surface area contributed by atoms with Crippen molar-refractivity contribution in [2.45, 2.75) is 72.6 Å². The van der Waals surface area contributed by atoms with Crippen LogP contribution < -0.4 is 0 Å². The van der Waals surface area contributed by atoms with E-state index in [1.807, 2.05) is 0 Å². The van der Waals surface area contributed by atoms with Gasteiger partial charge in [0.1, 0.15) is 0 Å². The summed E-state index contributed by atoms with van der Waals surface area (Å²) in [6.45, 7) is 9.89. The van der Waals surface area contributed by atoms with Gasteiger partial charge in [-0.15, -0.1) is 0 Å². The van der Waals surface area contributed by atoms with E-state index in [4.69, 9.17) is 0 Å². The summed E-state index contributed by atoms with van der Waals surface area (Å²) in [4.78, 5) is 0. The number of rotatable bonds is 4. The molecule has 5 atom stereocenters. The smallest absolute Gasteiger partial charge is 0.0241 e. The minimum Gasteiger partial charge on any atom is -0.0625 e. The van der Waals surface area contributed by atoms with Crippen molar-refractivity contribution >= 4 is 0 Å². The fraction of sp³-hybridized carbons (Fsp3) is 1.00. The van der Waals surface area contributed by atoms with Gasteiger partial charge in [0.15, 0.2) is 0 Å². The molecule has 0 heteroatoms. The summed E-state index contributed by atoms with van der Waals surface area (Å²) in [5.74, 6) is 6.20. The number of hydrogen-bond acceptors (Lipinski definition) is 0. The summed E-state index contributed by atoms with van der Waals surface area (Å²) in [7, 11) is 0. The van der Waals surface area contributed by atoms with Gasteiger partial charge in [-0.25, -0.2) is 0 Å². The van der Waals surface area contributed by atoms with Crippen LogP contribution in [0.3, 0.4) is 0 Å². The van der Waals surface area contributed by atoms with Gasteiger partial charge >= 0.3 is 0 Å². The monoisotopic (exact) mass is 248 g/mol. The van der Waals surface area contributed by atoms with Crippen molar-refractivity contribution in [3.05, 3.63) is 0 Å². The highest BCUT2D eigenvalue weighted by molar-refractivity contribution is 5.04. The normalized spacial score (nSPS) is 48.5. The lowest BCUT2D eigenvalue weighted by atomic mass is 9.51. The van der Waals surface area contributed by atoms with Crippen LogP contribution in [0.4, 0.5) is 0 Å². The van der Waals surface area contributed by atoms with Gasteiger partial charge in [-0.1, -0.05) is 27.7 Å². The van der Waals surface area contributed by atoms with Gasteiger partial charge in [0.25, 0.3) is 0 Å². The Morgan fingerprint density at radius 2 is 1.61 bits per heavy atom. The van der Waals surface area contributed by atoms with Crippen molar-refractivity contribution in [3.8, 4) is 0 Å². The highest BCUT2D eigenvalue weighted by Gasteiger charge is 2.55. The predicted octanol–water partition coefficient (Wildman–Crippen LogP) is 5.52. The zero-order chi connectivity index (χ0) is 12.9. The maximum Gasteiger partial charge on any atom is -0.0241 e. The van der Waals surface area contributed by atoms with Crippen molar-refractivity contribution in [1.82, 2.24) is 0 Å². The summed E-state index contributed by atoms with van der Waals surface area (Å²) < 4.78 is 0. The van der Waals surface area contributed by atoms with Crippen LogP contribution in [0.15, 0.2) is 0 Å². The van der Waals surface area contributed by atoms with Gasteiger partial charge in [-0.2, -0.15) is 0 Å². The van der Waals surface area contributed by atoms with E-state index in [2.05, 4.69) is 27.7 Å². The third kappa shape index (κ3) is 1.86. The molecule has 0 spiro atoms. The Labute approximate surface area is 114 Å². The molecule has 0 saturated heterocycles. The van der Waals surface area contributed by atoms with Crippen molar-refractivity contribution in [3.63, 3.8) is 0 Å². The van der Waals surface area contributed by atoms with Crippen molar-refractivity contribution < 1.29 is 0 Å². The van der Waals surface area contributed by atoms with E-state index in [0.717, 1.165) is 40.9 Å². The van der Waals surface area contributed by atoms with E-state index in [0.29, 0.717) is 0 Å². The first-order valence-electron chi connectivity index (χ1n) is 8.53. The number of fused-ring (bicyclic) bond motifs is 1. The van der Waals surface area contributed by atoms with Gasteiger partial charge in [0, 0.05) is 0 Å². The summed E-state index contributed by atoms with van der Waals surface area (Å²) in [5.41, 5.74) is 0.765. The van der Waals surface area contributed by atoms with Gasteiger partial charge in [0.2, 0.25) is 0 Å². The maximum absolute atomic E-state index is 2.55. The van der Waals surface area contributed by atoms with Crippen LogP contribution in [-0.2, 0) is 0 Å². The van der Waals surface area contributed by atoms with E-state index in [1.54, 1.807) is 32.1 Å². The molecule has 0 N–H and O–H groups in total. The van der Waals surface area contributed by atoms with E-state index >= 15 is 0 Å². The van der Waals surface area contributed by atoms with Crippen LogP contribution in [-0.4, -0.2) is 0 Å². The Kier molecular flexibility index (Phi) is 3.27. The van der Waals surface area contributed by atoms with Crippen LogP contribution >= 0.6 is 0 Å². The minimum atomic E-state index is 0.765. The molecular formula is C18H32. The molecule has 0 bridgehead atoms. The van der Waals surface area contributed by atoms with Crippen LogP contribution in [0.2, 0.25) is 0 Å². The first-order valence-corrected chi connectivity index (χ1v) is 8.53. The second kappa shape index (κ2) is 4.53. The molecule has 0 aliphatic heterocycles. The van der Waals surface area contributed by atoms with Crippen LogP contribution in [0.1, 0.15) is 72.6 Å². The summed E-state index contributed by atoms with van der Waals surface area (Å²) in [6, 6.07) is 0. The fourth-order valence-electron chi connectivity index (χ4n) is 5.27. The van der Waals surface area contributed by atoms with Crippen LogP contribution in [0, 0.1) is 40.9 Å². The Morgan fingerprint density at radius 1 is 1.00 bits per heavy atom. The van der Waals surface area contributed by atoms with E-state index in [-0.39, 0.29) is 0 Å². The quantitative estimate of drug-likeness (QED) is 0.614. The van der Waals surface area contributed by atoms with Gasteiger partial charge in [0.05, 0.1) is 0 Å². The average molecular weight is 248 g/mol. The van der Waals surface area contributed by atoms with Crippen molar-refractivity contribution in [1.29, 1.82) is 0 Å². The van der Waals surface area contributed by atoms with Gasteiger partial charge in [-0.3, -0.25) is 0 Å². The molecule has 0 amide bonds. The lowest BCUT2D eigenvalue weighted by molar-refractivity contribution is -0.0470. The first-order chi connectivity index (χ1) is 8.53. The van der Waals surface area contributed by atoms with Gasteiger partial charge < -0.3 is 0 Å². The molecule has 3 rings (SSSR count). The Balaban J connectivity index is 1.71. The summed E-state index contributed by atoms with van der Waals surface area (Å²) >= 11 is 0. The minimum absolute atomic E-state index is 0.765. The third-order valence-electron chi connectivity index (χ3n) is 7.43. The molecule has 0 aromatic heterocycles. The molecule has 0 heterocycles. The predicted molar refractivity (Wildman–Crippen MR) is 78.4 cm³/mol. The fourth-order valence-corrected chi connectivity index (χ4v) is 5.27. The topological polar surface area (TPSA) is 0 Å². The third-order valence-corrected chi connectivity index (χ3v) is 7.43. The standard InChI is InChI=1S/C18H32/c1-12(2)13(3)11-18(8-7-14(18)4)17-9-15-5-6-16(15)10-17/h12-17H,5-11H2,1-4H3. The summed E-state index contributed by atoms with van der Waals surface area (Å²) in [5, 5.41) is 0. The zero-order valence-electron chi connectivity index (χ0n) is 12.9. The van der Waals surface area contributed by atoms with Crippen LogP contribution in [0.5, 0.6) is 0 Å². The highest BCUT2D eigenvalue weighted by atomic mass is 14.6. The lowest BCUT2D eigenvalue weighted by Crippen LogP contribution is -2.45. The Hall–Kier alpha value is 0. The Bertz CT molecular complexity index is 293. The molecule has 0 aromatic carbocycles. The lowest BCUT2D eigenvalue weighted by Gasteiger charge is -2.54. The maximum atomic E-state index is 2.55. The molecule has 3 aliphatic rings. The average Bonchev–Trinajstić information content (AvgIpc) is 2.60. The van der Waals surface area contributed by atoms with Gasteiger partial charge in [-0.05, 0) is 85.9 Å². The van der Waals surface area contributed by atoms with E-state index in [1.165, 1.54) is 12.8 Å². The molecule has 0 aromatic rings. The summed E-state index contributed by atoms with van der Waals surface area (Å²) in [6.07, 6.45) is 10.9. The molecule has 3 aliphatic carbocycles. The molecule has 104 valence electrons. The molecular weight excluding hydrogens is 216 g/mol. The first kappa shape index (κ1) is 13.0. The van der Waals surface area contributed by atoms with E-state index in [9.17, 15) is 0 Å². The van der Waals surface area contributed by atoms with Crippen molar-refractivity contribution in [2.24, 2.45) is 40.9 Å². The molecule has 3 fully saturated rings. The highest BCUT2D eigenvalue weighted by Crippen LogP contribution is 2.64. The Morgan fingerprint density at radius 3 is 1.94 bits per heavy atom. The molecule has 5 unspecified atom stereocenters. The molecule has 0 nitrogen and oxygen atoms in total. The van der Waals surface area contributed by atoms with Crippen LogP contribution in [0.25, 0.3) is 0 Å². The SMILES string of the molecule is CC(C)C(C)CC1(C2CC3CCC3C2)CCC1C. The second-order valence-corrected chi connectivity index (χ2v) is 8.36. The molecule has 18 heavy (non-hydrogen) atoms. The molecule has 3 saturated carbocycles. The van der Waals surface area contributed by atoms with Crippen molar-refractivity contribution in [2.75, 3.05) is 0 Å².